The van der Waals surface area contributed by atoms with Crippen molar-refractivity contribution in [2.45, 2.75) is 0 Å². The summed E-state index contributed by atoms with van der Waals surface area (Å²) < 4.78 is 17.5. The van der Waals surface area contributed by atoms with Gasteiger partial charge in [-0.1, -0.05) is 6.07 Å². The Bertz CT molecular complexity index is 288. The van der Waals surface area contributed by atoms with Crippen molar-refractivity contribution in [3.05, 3.63) is 30.1 Å². The first-order valence-corrected chi connectivity index (χ1v) is 3.40. The van der Waals surface area contributed by atoms with Crippen LogP contribution in [0.15, 0.2) is 24.3 Å². The third-order valence-corrected chi connectivity index (χ3v) is 1.19. The molecule has 64 valence electrons. The van der Waals surface area contributed by atoms with E-state index >= 15 is 0 Å². The summed E-state index contributed by atoms with van der Waals surface area (Å²) in [6, 6.07) is 5.69. The molecule has 4 heteroatoms. The van der Waals surface area contributed by atoms with Gasteiger partial charge in [0.15, 0.2) is 0 Å². The molecule has 0 unspecified atom stereocenters. The van der Waals surface area contributed by atoms with Crippen molar-refractivity contribution >= 4 is 5.84 Å². The first kappa shape index (κ1) is 8.52. The minimum atomic E-state index is -0.365. The van der Waals surface area contributed by atoms with E-state index in [2.05, 4.69) is 0 Å². The SMILES string of the molecule is N=C(N)COc1cccc(F)c1. The molecule has 1 rings (SSSR count). The monoisotopic (exact) mass is 168 g/mol. The van der Waals surface area contributed by atoms with Gasteiger partial charge in [0.2, 0.25) is 0 Å². The molecule has 12 heavy (non-hydrogen) atoms. The lowest BCUT2D eigenvalue weighted by atomic mass is 10.3. The lowest BCUT2D eigenvalue weighted by Gasteiger charge is -2.03. The molecule has 0 heterocycles. The zero-order valence-electron chi connectivity index (χ0n) is 6.38. The van der Waals surface area contributed by atoms with Gasteiger partial charge in [0.25, 0.3) is 0 Å². The van der Waals surface area contributed by atoms with Gasteiger partial charge in [0.1, 0.15) is 24.0 Å². The number of rotatable bonds is 3. The number of nitrogens with one attached hydrogen (secondary N) is 1. The maximum Gasteiger partial charge on any atom is 0.145 e. The first-order chi connectivity index (χ1) is 5.68. The highest BCUT2D eigenvalue weighted by Gasteiger charge is 1.95. The van der Waals surface area contributed by atoms with E-state index in [1.807, 2.05) is 0 Å². The van der Waals surface area contributed by atoms with E-state index in [0.717, 1.165) is 0 Å². The molecule has 1 aromatic rings. The van der Waals surface area contributed by atoms with Crippen molar-refractivity contribution in [1.82, 2.24) is 0 Å². The second kappa shape index (κ2) is 3.71. The van der Waals surface area contributed by atoms with Crippen LogP contribution in [0, 0.1) is 11.2 Å². The highest BCUT2D eigenvalue weighted by molar-refractivity contribution is 5.78. The molecule has 0 fully saturated rings. The lowest BCUT2D eigenvalue weighted by molar-refractivity contribution is 0.372. The molecule has 0 aliphatic heterocycles. The van der Waals surface area contributed by atoms with E-state index in [9.17, 15) is 4.39 Å². The first-order valence-electron chi connectivity index (χ1n) is 3.40. The maximum absolute atomic E-state index is 12.5. The van der Waals surface area contributed by atoms with Crippen LogP contribution in [-0.4, -0.2) is 12.4 Å². The van der Waals surface area contributed by atoms with Crippen LogP contribution < -0.4 is 10.5 Å². The molecule has 0 aliphatic rings. The van der Waals surface area contributed by atoms with Crippen LogP contribution in [-0.2, 0) is 0 Å². The van der Waals surface area contributed by atoms with Gasteiger partial charge in [-0.15, -0.1) is 0 Å². The van der Waals surface area contributed by atoms with Gasteiger partial charge in [-0.25, -0.2) is 4.39 Å². The summed E-state index contributed by atoms with van der Waals surface area (Å²) in [4.78, 5) is 0. The molecule has 0 spiro atoms. The molecule has 0 atom stereocenters. The number of hydrogen-bond donors (Lipinski definition) is 2. The summed E-state index contributed by atoms with van der Waals surface area (Å²) >= 11 is 0. The fourth-order valence-electron chi connectivity index (χ4n) is 0.718. The maximum atomic E-state index is 12.5. The molecule has 0 saturated carbocycles. The predicted molar refractivity (Wildman–Crippen MR) is 43.8 cm³/mol. The Hall–Kier alpha value is -1.58. The van der Waals surface area contributed by atoms with Gasteiger partial charge in [0, 0.05) is 6.07 Å². The number of ether oxygens (including phenoxy) is 1. The fourth-order valence-corrected chi connectivity index (χ4v) is 0.718. The third kappa shape index (κ3) is 2.57. The van der Waals surface area contributed by atoms with Crippen molar-refractivity contribution in [2.24, 2.45) is 5.73 Å². The van der Waals surface area contributed by atoms with Crippen LogP contribution in [0.25, 0.3) is 0 Å². The standard InChI is InChI=1S/C8H9FN2O/c9-6-2-1-3-7(4-6)12-5-8(10)11/h1-4H,5H2,(H3,10,11). The summed E-state index contributed by atoms with van der Waals surface area (Å²) in [5.41, 5.74) is 5.04. The Kier molecular flexibility index (Phi) is 2.63. The second-order valence-electron chi connectivity index (χ2n) is 2.27. The number of hydrogen-bond acceptors (Lipinski definition) is 2. The van der Waals surface area contributed by atoms with Crippen molar-refractivity contribution in [1.29, 1.82) is 5.41 Å². The largest absolute Gasteiger partial charge is 0.486 e. The average molecular weight is 168 g/mol. The normalized spacial score (nSPS) is 9.42. The van der Waals surface area contributed by atoms with Crippen molar-refractivity contribution < 1.29 is 9.13 Å². The number of halogens is 1. The van der Waals surface area contributed by atoms with Gasteiger partial charge in [0.05, 0.1) is 0 Å². The summed E-state index contributed by atoms with van der Waals surface area (Å²) in [5, 5.41) is 6.86. The zero-order valence-corrected chi connectivity index (χ0v) is 6.38. The Balaban J connectivity index is 2.57. The lowest BCUT2D eigenvalue weighted by Crippen LogP contribution is -2.19. The molecule has 0 aliphatic carbocycles. The quantitative estimate of drug-likeness (QED) is 0.525. The highest BCUT2D eigenvalue weighted by Crippen LogP contribution is 2.11. The van der Waals surface area contributed by atoms with Crippen LogP contribution >= 0.6 is 0 Å². The Morgan fingerprint density at radius 2 is 2.33 bits per heavy atom. The van der Waals surface area contributed by atoms with Crippen molar-refractivity contribution in [3.63, 3.8) is 0 Å². The van der Waals surface area contributed by atoms with Crippen molar-refractivity contribution in [2.75, 3.05) is 6.61 Å². The zero-order chi connectivity index (χ0) is 8.97. The second-order valence-corrected chi connectivity index (χ2v) is 2.27. The summed E-state index contributed by atoms with van der Waals surface area (Å²) in [6.45, 7) is -0.0105. The molecule has 1 aromatic carbocycles. The van der Waals surface area contributed by atoms with E-state index in [1.54, 1.807) is 6.07 Å². The van der Waals surface area contributed by atoms with E-state index in [-0.39, 0.29) is 18.3 Å². The van der Waals surface area contributed by atoms with Gasteiger partial charge >= 0.3 is 0 Å². The molecule has 0 saturated heterocycles. The number of nitrogens with two attached hydrogens (primary N) is 1. The van der Waals surface area contributed by atoms with E-state index in [0.29, 0.717) is 5.75 Å². The Morgan fingerprint density at radius 1 is 1.58 bits per heavy atom. The molecular formula is C8H9FN2O. The molecular weight excluding hydrogens is 159 g/mol. The number of amidine groups is 1. The van der Waals surface area contributed by atoms with E-state index in [1.165, 1.54) is 18.2 Å². The van der Waals surface area contributed by atoms with E-state index in [4.69, 9.17) is 15.9 Å². The van der Waals surface area contributed by atoms with Crippen LogP contribution in [0.5, 0.6) is 5.75 Å². The summed E-state index contributed by atoms with van der Waals surface area (Å²) in [7, 11) is 0. The van der Waals surface area contributed by atoms with Crippen LogP contribution in [0.1, 0.15) is 0 Å². The molecule has 3 N–H and O–H groups in total. The summed E-state index contributed by atoms with van der Waals surface area (Å²) in [5.74, 6) is -0.0690. The highest BCUT2D eigenvalue weighted by atomic mass is 19.1. The molecule has 0 radical (unpaired) electrons. The van der Waals surface area contributed by atoms with Crippen LogP contribution in [0.3, 0.4) is 0 Å². The average Bonchev–Trinajstić information content (AvgIpc) is 2.01. The van der Waals surface area contributed by atoms with E-state index < -0.39 is 0 Å². The van der Waals surface area contributed by atoms with Crippen molar-refractivity contribution in [3.8, 4) is 5.75 Å². The molecule has 3 nitrogen and oxygen atoms in total. The van der Waals surface area contributed by atoms with Crippen LogP contribution in [0.4, 0.5) is 4.39 Å². The Morgan fingerprint density at radius 3 is 2.92 bits per heavy atom. The smallest absolute Gasteiger partial charge is 0.145 e. The van der Waals surface area contributed by atoms with Crippen LogP contribution in [0.2, 0.25) is 0 Å². The van der Waals surface area contributed by atoms with Gasteiger partial charge in [-0.2, -0.15) is 0 Å². The molecule has 0 aromatic heterocycles. The van der Waals surface area contributed by atoms with Gasteiger partial charge < -0.3 is 10.5 Å². The topological polar surface area (TPSA) is 59.1 Å². The minimum Gasteiger partial charge on any atom is -0.486 e. The minimum absolute atomic E-state index is 0.0105. The predicted octanol–water partition coefficient (Wildman–Crippen LogP) is 1.14. The van der Waals surface area contributed by atoms with Gasteiger partial charge in [-0.3, -0.25) is 5.41 Å². The molecule has 0 bridgehead atoms. The third-order valence-electron chi connectivity index (χ3n) is 1.19. The van der Waals surface area contributed by atoms with Gasteiger partial charge in [-0.05, 0) is 12.1 Å². The molecule has 0 amide bonds. The Labute approximate surface area is 69.5 Å². The summed E-state index contributed by atoms with van der Waals surface area (Å²) in [6.07, 6.45) is 0. The fraction of sp³-hybridized carbons (Fsp3) is 0.125. The number of benzene rings is 1.